The highest BCUT2D eigenvalue weighted by atomic mass is 35.5. The molecule has 164 valence electrons. The largest absolute Gasteiger partial charge is 0.420 e. The van der Waals surface area contributed by atoms with Gasteiger partial charge in [-0.05, 0) is 61.9 Å². The van der Waals surface area contributed by atoms with E-state index in [1.54, 1.807) is 22.8 Å². The highest BCUT2D eigenvalue weighted by Gasteiger charge is 2.17. The number of para-hydroxylation sites is 1. The van der Waals surface area contributed by atoms with Crippen molar-refractivity contribution in [1.29, 1.82) is 0 Å². The second-order valence-electron chi connectivity index (χ2n) is 7.64. The number of benzene rings is 3. The van der Waals surface area contributed by atoms with Gasteiger partial charge in [0.2, 0.25) is 11.8 Å². The number of thioether (sulfide) groups is 1. The fourth-order valence-electron chi connectivity index (χ4n) is 3.63. The predicted molar refractivity (Wildman–Crippen MR) is 131 cm³/mol. The molecule has 0 amide bonds. The van der Waals surface area contributed by atoms with Gasteiger partial charge < -0.3 is 4.42 Å². The molecule has 0 atom stereocenters. The van der Waals surface area contributed by atoms with Crippen LogP contribution in [-0.2, 0) is 5.75 Å². The first-order chi connectivity index (χ1) is 16.0. The minimum absolute atomic E-state index is 0.109. The van der Waals surface area contributed by atoms with E-state index in [1.165, 1.54) is 11.8 Å². The van der Waals surface area contributed by atoms with E-state index in [1.807, 2.05) is 56.3 Å². The normalized spacial score (nSPS) is 11.2. The Labute approximate surface area is 199 Å². The van der Waals surface area contributed by atoms with E-state index < -0.39 is 0 Å². The third kappa shape index (κ3) is 4.29. The third-order valence-corrected chi connectivity index (χ3v) is 6.40. The van der Waals surface area contributed by atoms with Gasteiger partial charge in [0, 0.05) is 10.6 Å². The molecular weight excluding hydrogens is 456 g/mol. The van der Waals surface area contributed by atoms with Crippen LogP contribution in [0.5, 0.6) is 0 Å². The Bertz CT molecular complexity index is 1530. The molecule has 0 saturated carbocycles. The van der Waals surface area contributed by atoms with Crippen molar-refractivity contribution in [3.63, 3.8) is 0 Å². The Morgan fingerprint density at radius 2 is 1.79 bits per heavy atom. The molecule has 0 aliphatic carbocycles. The van der Waals surface area contributed by atoms with E-state index >= 15 is 0 Å². The Balaban J connectivity index is 1.53. The van der Waals surface area contributed by atoms with Crippen LogP contribution in [0.4, 0.5) is 0 Å². The van der Waals surface area contributed by atoms with Gasteiger partial charge in [-0.2, -0.15) is 0 Å². The first kappa shape index (κ1) is 21.4. The number of hydrogen-bond acceptors (Lipinski definition) is 6. The van der Waals surface area contributed by atoms with Crippen molar-refractivity contribution in [3.05, 3.63) is 99.1 Å². The maximum absolute atomic E-state index is 13.5. The van der Waals surface area contributed by atoms with Crippen LogP contribution in [-0.4, -0.2) is 19.7 Å². The van der Waals surface area contributed by atoms with E-state index in [4.69, 9.17) is 21.0 Å². The molecule has 0 bridgehead atoms. The lowest BCUT2D eigenvalue weighted by Crippen LogP contribution is -2.22. The lowest BCUT2D eigenvalue weighted by Gasteiger charge is -2.15. The van der Waals surface area contributed by atoms with Gasteiger partial charge in [-0.1, -0.05) is 53.2 Å². The summed E-state index contributed by atoms with van der Waals surface area (Å²) in [6.07, 6.45) is 0. The van der Waals surface area contributed by atoms with Crippen molar-refractivity contribution in [1.82, 2.24) is 19.7 Å². The number of aryl methyl sites for hydroxylation is 2. The van der Waals surface area contributed by atoms with E-state index in [0.29, 0.717) is 38.6 Å². The molecule has 2 heterocycles. The lowest BCUT2D eigenvalue weighted by atomic mass is 10.1. The van der Waals surface area contributed by atoms with E-state index in [2.05, 4.69) is 16.3 Å². The molecule has 2 aromatic heterocycles. The number of fused-ring (bicyclic) bond motifs is 1. The zero-order chi connectivity index (χ0) is 22.9. The summed E-state index contributed by atoms with van der Waals surface area (Å²) in [6.45, 7) is 4.02. The maximum Gasteiger partial charge on any atom is 0.266 e. The van der Waals surface area contributed by atoms with Crippen LogP contribution in [0.1, 0.15) is 17.0 Å². The van der Waals surface area contributed by atoms with Crippen LogP contribution in [0.2, 0.25) is 5.02 Å². The Morgan fingerprint density at radius 1 is 1.00 bits per heavy atom. The van der Waals surface area contributed by atoms with Gasteiger partial charge in [0.15, 0.2) is 5.16 Å². The summed E-state index contributed by atoms with van der Waals surface area (Å²) in [5, 5.41) is 10.1. The fourth-order valence-corrected chi connectivity index (χ4v) is 4.59. The van der Waals surface area contributed by atoms with Crippen LogP contribution >= 0.6 is 23.4 Å². The van der Waals surface area contributed by atoms with Crippen molar-refractivity contribution in [3.8, 4) is 17.1 Å². The van der Waals surface area contributed by atoms with Crippen molar-refractivity contribution in [2.45, 2.75) is 24.8 Å². The molecule has 6 nitrogen and oxygen atoms in total. The first-order valence-electron chi connectivity index (χ1n) is 10.3. The molecule has 33 heavy (non-hydrogen) atoms. The molecule has 0 radical (unpaired) electrons. The van der Waals surface area contributed by atoms with Gasteiger partial charge >= 0.3 is 0 Å². The summed E-state index contributed by atoms with van der Waals surface area (Å²) in [5.41, 5.74) is 4.27. The van der Waals surface area contributed by atoms with Crippen molar-refractivity contribution in [2.75, 3.05) is 0 Å². The quantitative estimate of drug-likeness (QED) is 0.230. The van der Waals surface area contributed by atoms with Crippen LogP contribution in [0.3, 0.4) is 0 Å². The molecule has 0 unspecified atom stereocenters. The van der Waals surface area contributed by atoms with Gasteiger partial charge in [0.05, 0.1) is 22.3 Å². The predicted octanol–water partition coefficient (Wildman–Crippen LogP) is 6.00. The second-order valence-corrected chi connectivity index (χ2v) is 9.02. The monoisotopic (exact) mass is 474 g/mol. The molecule has 8 heteroatoms. The summed E-state index contributed by atoms with van der Waals surface area (Å²) in [7, 11) is 0. The number of nitrogens with zero attached hydrogens (tertiary/aromatic N) is 4. The fraction of sp³-hybridized carbons (Fsp3) is 0.120. The van der Waals surface area contributed by atoms with Gasteiger partial charge in [-0.25, -0.2) is 4.98 Å². The number of rotatable bonds is 5. The molecule has 3 aromatic carbocycles. The summed E-state index contributed by atoms with van der Waals surface area (Å²) in [6, 6.07) is 20.6. The Hall–Kier alpha value is -3.42. The van der Waals surface area contributed by atoms with Crippen molar-refractivity contribution < 1.29 is 4.42 Å². The van der Waals surface area contributed by atoms with Gasteiger partial charge in [0.1, 0.15) is 0 Å². The molecule has 0 saturated heterocycles. The minimum Gasteiger partial charge on any atom is -0.420 e. The molecule has 5 rings (SSSR count). The van der Waals surface area contributed by atoms with Crippen LogP contribution < -0.4 is 5.56 Å². The van der Waals surface area contributed by atoms with Crippen LogP contribution in [0.15, 0.2) is 81.1 Å². The molecule has 0 aliphatic rings. The zero-order valence-electron chi connectivity index (χ0n) is 17.9. The Morgan fingerprint density at radius 3 is 2.58 bits per heavy atom. The topological polar surface area (TPSA) is 73.8 Å². The van der Waals surface area contributed by atoms with Crippen molar-refractivity contribution >= 4 is 34.3 Å². The van der Waals surface area contributed by atoms with Crippen LogP contribution in [0.25, 0.3) is 28.0 Å². The standard InChI is InChI=1S/C25H19ClN4O2S/c1-15-7-12-21(16(2)13-15)30-24(31)19-5-3-4-6-20(19)27-25(30)33-14-22-28-29-23(32-22)17-8-10-18(26)11-9-17/h3-13H,14H2,1-2H3. The number of aromatic nitrogens is 4. The average Bonchev–Trinajstić information content (AvgIpc) is 3.28. The summed E-state index contributed by atoms with van der Waals surface area (Å²) >= 11 is 7.34. The molecule has 0 aliphatic heterocycles. The molecule has 0 spiro atoms. The second kappa shape index (κ2) is 8.84. The summed E-state index contributed by atoms with van der Waals surface area (Å²) in [5.74, 6) is 1.23. The smallest absolute Gasteiger partial charge is 0.266 e. The third-order valence-electron chi connectivity index (χ3n) is 5.22. The van der Waals surface area contributed by atoms with Gasteiger partial charge in [-0.3, -0.25) is 9.36 Å². The Kier molecular flexibility index (Phi) is 5.74. The van der Waals surface area contributed by atoms with E-state index in [0.717, 1.165) is 22.4 Å². The lowest BCUT2D eigenvalue weighted by molar-refractivity contribution is 0.528. The van der Waals surface area contributed by atoms with Gasteiger partial charge in [-0.15, -0.1) is 10.2 Å². The van der Waals surface area contributed by atoms with Crippen LogP contribution in [0, 0.1) is 13.8 Å². The zero-order valence-corrected chi connectivity index (χ0v) is 19.5. The highest BCUT2D eigenvalue weighted by Crippen LogP contribution is 2.27. The van der Waals surface area contributed by atoms with Gasteiger partial charge in [0.25, 0.3) is 5.56 Å². The summed E-state index contributed by atoms with van der Waals surface area (Å²) in [4.78, 5) is 18.2. The molecule has 0 fully saturated rings. The molecule has 5 aromatic rings. The minimum atomic E-state index is -0.109. The molecular formula is C25H19ClN4O2S. The number of hydrogen-bond donors (Lipinski definition) is 0. The van der Waals surface area contributed by atoms with Crippen molar-refractivity contribution in [2.24, 2.45) is 0 Å². The SMILES string of the molecule is Cc1ccc(-n2c(SCc3nnc(-c4ccc(Cl)cc4)o3)nc3ccccc3c2=O)c(C)c1. The maximum atomic E-state index is 13.5. The highest BCUT2D eigenvalue weighted by molar-refractivity contribution is 7.98. The average molecular weight is 475 g/mol. The summed E-state index contributed by atoms with van der Waals surface area (Å²) < 4.78 is 7.50. The molecule has 0 N–H and O–H groups in total. The number of halogens is 1. The first-order valence-corrected chi connectivity index (χ1v) is 11.7. The van der Waals surface area contributed by atoms with E-state index in [9.17, 15) is 4.79 Å². The van der Waals surface area contributed by atoms with E-state index in [-0.39, 0.29) is 5.56 Å².